The Morgan fingerprint density at radius 3 is 2.56 bits per heavy atom. The molecule has 3 heteroatoms. The van der Waals surface area contributed by atoms with Gasteiger partial charge in [-0.1, -0.05) is 22.0 Å². The number of pyridine rings is 1. The lowest BCUT2D eigenvalue weighted by atomic mass is 10.1. The molecular weight excluding hydrogens is 290 g/mol. The summed E-state index contributed by atoms with van der Waals surface area (Å²) in [6, 6.07) is 8.12. The summed E-state index contributed by atoms with van der Waals surface area (Å²) in [5.74, 6) is 0.928. The maximum Gasteiger partial charge on any atom is 0.119 e. The van der Waals surface area contributed by atoms with E-state index in [0.717, 1.165) is 16.6 Å². The molecule has 0 radical (unpaired) electrons. The van der Waals surface area contributed by atoms with Gasteiger partial charge in [-0.2, -0.15) is 0 Å². The van der Waals surface area contributed by atoms with Crippen molar-refractivity contribution in [3.63, 3.8) is 0 Å². The molecule has 0 spiro atoms. The van der Waals surface area contributed by atoms with Crippen LogP contribution >= 0.6 is 15.9 Å². The summed E-state index contributed by atoms with van der Waals surface area (Å²) in [6.45, 7) is 4.82. The predicted molar refractivity (Wildman–Crippen MR) is 77.1 cm³/mol. The van der Waals surface area contributed by atoms with Gasteiger partial charge >= 0.3 is 0 Å². The smallest absolute Gasteiger partial charge is 0.119 e. The summed E-state index contributed by atoms with van der Waals surface area (Å²) in [5, 5.41) is 0. The highest BCUT2D eigenvalue weighted by Gasteiger charge is 2.03. The Hall–Kier alpha value is -1.35. The first-order valence-electron chi connectivity index (χ1n) is 5.95. The summed E-state index contributed by atoms with van der Waals surface area (Å²) in [6.07, 6.45) is 4.54. The second-order valence-electron chi connectivity index (χ2n) is 4.33. The van der Waals surface area contributed by atoms with E-state index in [2.05, 4.69) is 53.0 Å². The molecule has 0 aliphatic rings. The Bertz CT molecular complexity index is 502. The Morgan fingerprint density at radius 2 is 1.94 bits per heavy atom. The van der Waals surface area contributed by atoms with Gasteiger partial charge in [-0.05, 0) is 48.7 Å². The van der Waals surface area contributed by atoms with Gasteiger partial charge in [-0.25, -0.2) is 0 Å². The van der Waals surface area contributed by atoms with E-state index in [4.69, 9.17) is 4.74 Å². The minimum absolute atomic E-state index is 0.673. The van der Waals surface area contributed by atoms with Crippen LogP contribution < -0.4 is 4.74 Å². The van der Waals surface area contributed by atoms with Crippen molar-refractivity contribution >= 4 is 15.9 Å². The number of aryl methyl sites for hydroxylation is 2. The van der Waals surface area contributed by atoms with E-state index in [1.807, 2.05) is 12.3 Å². The molecule has 0 saturated heterocycles. The SMILES string of the molecule is Cc1cc(OCCc2cccnc2)cc(C)c1Br. The van der Waals surface area contributed by atoms with Crippen molar-refractivity contribution in [1.82, 2.24) is 4.98 Å². The van der Waals surface area contributed by atoms with Crippen LogP contribution in [0.5, 0.6) is 5.75 Å². The number of ether oxygens (including phenoxy) is 1. The largest absolute Gasteiger partial charge is 0.493 e. The molecule has 18 heavy (non-hydrogen) atoms. The van der Waals surface area contributed by atoms with Crippen molar-refractivity contribution in [1.29, 1.82) is 0 Å². The van der Waals surface area contributed by atoms with Crippen LogP contribution in [0, 0.1) is 13.8 Å². The molecule has 1 aromatic heterocycles. The molecule has 1 aromatic carbocycles. The molecule has 0 amide bonds. The van der Waals surface area contributed by atoms with Gasteiger partial charge in [-0.15, -0.1) is 0 Å². The van der Waals surface area contributed by atoms with Gasteiger partial charge < -0.3 is 4.74 Å². The van der Waals surface area contributed by atoms with Gasteiger partial charge in [0.2, 0.25) is 0 Å². The molecule has 0 aliphatic carbocycles. The van der Waals surface area contributed by atoms with Gasteiger partial charge in [0.25, 0.3) is 0 Å². The zero-order valence-corrected chi connectivity index (χ0v) is 12.2. The zero-order valence-electron chi connectivity index (χ0n) is 10.6. The molecule has 2 rings (SSSR count). The second-order valence-corrected chi connectivity index (χ2v) is 5.12. The van der Waals surface area contributed by atoms with Gasteiger partial charge in [0, 0.05) is 23.3 Å². The van der Waals surface area contributed by atoms with E-state index in [1.165, 1.54) is 16.7 Å². The van der Waals surface area contributed by atoms with Crippen molar-refractivity contribution in [2.75, 3.05) is 6.61 Å². The lowest BCUT2D eigenvalue weighted by molar-refractivity contribution is 0.321. The molecule has 2 nitrogen and oxygen atoms in total. The highest BCUT2D eigenvalue weighted by atomic mass is 79.9. The third-order valence-electron chi connectivity index (χ3n) is 2.79. The van der Waals surface area contributed by atoms with Crippen LogP contribution in [0.3, 0.4) is 0 Å². The number of rotatable bonds is 4. The quantitative estimate of drug-likeness (QED) is 0.849. The van der Waals surface area contributed by atoms with E-state index in [1.54, 1.807) is 6.20 Å². The van der Waals surface area contributed by atoms with Crippen LogP contribution in [0.25, 0.3) is 0 Å². The number of hydrogen-bond acceptors (Lipinski definition) is 2. The van der Waals surface area contributed by atoms with Crippen molar-refractivity contribution in [3.05, 3.63) is 57.8 Å². The van der Waals surface area contributed by atoms with Crippen molar-refractivity contribution in [3.8, 4) is 5.75 Å². The van der Waals surface area contributed by atoms with Crippen LogP contribution in [-0.4, -0.2) is 11.6 Å². The third-order valence-corrected chi connectivity index (χ3v) is 4.04. The average molecular weight is 306 g/mol. The molecule has 0 aliphatic heterocycles. The molecule has 1 heterocycles. The molecule has 0 saturated carbocycles. The van der Waals surface area contributed by atoms with E-state index in [9.17, 15) is 0 Å². The van der Waals surface area contributed by atoms with E-state index in [0.29, 0.717) is 6.61 Å². The molecular formula is C15H16BrNO. The van der Waals surface area contributed by atoms with Gasteiger partial charge in [0.1, 0.15) is 5.75 Å². The highest BCUT2D eigenvalue weighted by molar-refractivity contribution is 9.10. The van der Waals surface area contributed by atoms with Gasteiger partial charge in [0.15, 0.2) is 0 Å². The van der Waals surface area contributed by atoms with E-state index >= 15 is 0 Å². The Kier molecular flexibility index (Phi) is 4.37. The summed E-state index contributed by atoms with van der Waals surface area (Å²) >= 11 is 3.55. The Morgan fingerprint density at radius 1 is 1.22 bits per heavy atom. The number of benzene rings is 1. The summed E-state index contributed by atoms with van der Waals surface area (Å²) in [7, 11) is 0. The molecule has 0 bridgehead atoms. The van der Waals surface area contributed by atoms with Crippen LogP contribution in [-0.2, 0) is 6.42 Å². The topological polar surface area (TPSA) is 22.1 Å². The maximum atomic E-state index is 5.78. The Labute approximate surface area is 116 Å². The molecule has 0 fully saturated rings. The molecule has 2 aromatic rings. The van der Waals surface area contributed by atoms with Crippen LogP contribution in [0.4, 0.5) is 0 Å². The fourth-order valence-electron chi connectivity index (χ4n) is 1.82. The van der Waals surface area contributed by atoms with E-state index < -0.39 is 0 Å². The van der Waals surface area contributed by atoms with Crippen molar-refractivity contribution in [2.24, 2.45) is 0 Å². The lowest BCUT2D eigenvalue weighted by Crippen LogP contribution is -2.02. The molecule has 0 atom stereocenters. The first kappa shape index (κ1) is 13.1. The van der Waals surface area contributed by atoms with Crippen LogP contribution in [0.15, 0.2) is 41.1 Å². The monoisotopic (exact) mass is 305 g/mol. The minimum atomic E-state index is 0.673. The second kappa shape index (κ2) is 6.01. The first-order valence-corrected chi connectivity index (χ1v) is 6.74. The van der Waals surface area contributed by atoms with Crippen LogP contribution in [0.1, 0.15) is 16.7 Å². The standard InChI is InChI=1S/C15H16BrNO/c1-11-8-14(9-12(2)15(11)16)18-7-5-13-4-3-6-17-10-13/h3-4,6,8-10H,5,7H2,1-2H3. The molecule has 94 valence electrons. The van der Waals surface area contributed by atoms with Gasteiger partial charge in [0.05, 0.1) is 6.61 Å². The number of nitrogens with zero attached hydrogens (tertiary/aromatic N) is 1. The normalized spacial score (nSPS) is 10.4. The fourth-order valence-corrected chi connectivity index (χ4v) is 2.05. The summed E-state index contributed by atoms with van der Waals surface area (Å²) < 4.78 is 6.93. The predicted octanol–water partition coefficient (Wildman–Crippen LogP) is 4.08. The highest BCUT2D eigenvalue weighted by Crippen LogP contribution is 2.26. The lowest BCUT2D eigenvalue weighted by Gasteiger charge is -2.10. The van der Waals surface area contributed by atoms with Crippen molar-refractivity contribution < 1.29 is 4.74 Å². The maximum absolute atomic E-state index is 5.78. The number of halogens is 1. The van der Waals surface area contributed by atoms with Gasteiger partial charge in [-0.3, -0.25) is 4.98 Å². The summed E-state index contributed by atoms with van der Waals surface area (Å²) in [4.78, 5) is 4.09. The Balaban J connectivity index is 1.95. The molecule has 0 unspecified atom stereocenters. The van der Waals surface area contributed by atoms with Crippen LogP contribution in [0.2, 0.25) is 0 Å². The fraction of sp³-hybridized carbons (Fsp3) is 0.267. The van der Waals surface area contributed by atoms with Crippen molar-refractivity contribution in [2.45, 2.75) is 20.3 Å². The zero-order chi connectivity index (χ0) is 13.0. The first-order chi connectivity index (χ1) is 8.66. The molecule has 0 N–H and O–H groups in total. The third kappa shape index (κ3) is 3.33. The minimum Gasteiger partial charge on any atom is -0.493 e. The summed E-state index contributed by atoms with van der Waals surface area (Å²) in [5.41, 5.74) is 3.60. The number of hydrogen-bond donors (Lipinski definition) is 0. The average Bonchev–Trinajstić information content (AvgIpc) is 2.37. The van der Waals surface area contributed by atoms with E-state index in [-0.39, 0.29) is 0 Å². The number of aromatic nitrogens is 1.